The lowest BCUT2D eigenvalue weighted by Crippen LogP contribution is -2.01. The summed E-state index contributed by atoms with van der Waals surface area (Å²) < 4.78 is 1.60. The molecule has 1 saturated carbocycles. The van der Waals surface area contributed by atoms with Crippen molar-refractivity contribution in [2.45, 2.75) is 18.4 Å². The zero-order valence-electron chi connectivity index (χ0n) is 6.20. The van der Waals surface area contributed by atoms with E-state index in [0.717, 1.165) is 18.4 Å². The third kappa shape index (κ3) is 0.973. The van der Waals surface area contributed by atoms with E-state index >= 15 is 0 Å². The highest BCUT2D eigenvalue weighted by atomic mass is 16.3. The Balaban J connectivity index is 2.32. The molecule has 0 aliphatic heterocycles. The minimum atomic E-state index is -0.568. The van der Waals surface area contributed by atoms with E-state index in [1.54, 1.807) is 23.3 Å². The summed E-state index contributed by atoms with van der Waals surface area (Å²) in [6.45, 7) is 3.57. The first-order chi connectivity index (χ1) is 5.24. The SMILES string of the molecule is C=Cn1cc(C2(O)CC2)cn1. The molecule has 58 valence electrons. The Morgan fingerprint density at radius 3 is 2.91 bits per heavy atom. The average Bonchev–Trinajstić information content (AvgIpc) is 2.61. The van der Waals surface area contributed by atoms with Gasteiger partial charge in [-0.25, -0.2) is 4.68 Å². The van der Waals surface area contributed by atoms with Gasteiger partial charge < -0.3 is 5.11 Å². The summed E-state index contributed by atoms with van der Waals surface area (Å²) in [5, 5.41) is 13.6. The van der Waals surface area contributed by atoms with E-state index in [0.29, 0.717) is 0 Å². The monoisotopic (exact) mass is 150 g/mol. The number of aromatic nitrogens is 2. The van der Waals surface area contributed by atoms with Crippen molar-refractivity contribution < 1.29 is 5.11 Å². The van der Waals surface area contributed by atoms with Gasteiger partial charge >= 0.3 is 0 Å². The summed E-state index contributed by atoms with van der Waals surface area (Å²) in [4.78, 5) is 0. The van der Waals surface area contributed by atoms with E-state index in [2.05, 4.69) is 11.7 Å². The molecule has 0 spiro atoms. The Morgan fingerprint density at radius 2 is 2.45 bits per heavy atom. The molecule has 1 aromatic rings. The predicted molar refractivity (Wildman–Crippen MR) is 41.7 cm³/mol. The van der Waals surface area contributed by atoms with Gasteiger partial charge in [-0.2, -0.15) is 5.10 Å². The molecule has 0 unspecified atom stereocenters. The largest absolute Gasteiger partial charge is 0.385 e. The first-order valence-corrected chi connectivity index (χ1v) is 3.64. The maximum absolute atomic E-state index is 9.62. The number of rotatable bonds is 2. The van der Waals surface area contributed by atoms with Crippen LogP contribution in [-0.4, -0.2) is 14.9 Å². The van der Waals surface area contributed by atoms with Crippen molar-refractivity contribution in [2.75, 3.05) is 0 Å². The van der Waals surface area contributed by atoms with Crippen molar-refractivity contribution >= 4 is 6.20 Å². The topological polar surface area (TPSA) is 38.0 Å². The van der Waals surface area contributed by atoms with Crippen molar-refractivity contribution in [3.05, 3.63) is 24.5 Å². The number of aliphatic hydroxyl groups is 1. The lowest BCUT2D eigenvalue weighted by molar-refractivity contribution is 0.151. The molecule has 1 aromatic heterocycles. The predicted octanol–water partition coefficient (Wildman–Crippen LogP) is 0.965. The van der Waals surface area contributed by atoms with Crippen LogP contribution in [-0.2, 0) is 5.60 Å². The summed E-state index contributed by atoms with van der Waals surface area (Å²) in [7, 11) is 0. The van der Waals surface area contributed by atoms with Crippen LogP contribution >= 0.6 is 0 Å². The third-order valence-corrected chi connectivity index (χ3v) is 2.05. The van der Waals surface area contributed by atoms with Crippen LogP contribution in [0.15, 0.2) is 19.0 Å². The van der Waals surface area contributed by atoms with Gasteiger partial charge in [-0.05, 0) is 12.8 Å². The molecule has 3 heteroatoms. The molecular weight excluding hydrogens is 140 g/mol. The van der Waals surface area contributed by atoms with Gasteiger partial charge in [0, 0.05) is 18.0 Å². The second-order valence-corrected chi connectivity index (χ2v) is 2.92. The first kappa shape index (κ1) is 6.61. The summed E-state index contributed by atoms with van der Waals surface area (Å²) in [5.41, 5.74) is 0.332. The molecule has 0 aromatic carbocycles. The van der Waals surface area contributed by atoms with Crippen LogP contribution in [0.1, 0.15) is 18.4 Å². The second-order valence-electron chi connectivity index (χ2n) is 2.92. The summed E-state index contributed by atoms with van der Waals surface area (Å²) in [6, 6.07) is 0. The maximum atomic E-state index is 9.62. The molecule has 0 amide bonds. The van der Waals surface area contributed by atoms with Gasteiger partial charge in [0.2, 0.25) is 0 Å². The van der Waals surface area contributed by atoms with E-state index in [1.165, 1.54) is 0 Å². The molecule has 3 nitrogen and oxygen atoms in total. The van der Waals surface area contributed by atoms with Crippen molar-refractivity contribution in [2.24, 2.45) is 0 Å². The molecule has 0 radical (unpaired) electrons. The molecule has 0 saturated heterocycles. The highest BCUT2D eigenvalue weighted by molar-refractivity contribution is 5.26. The van der Waals surface area contributed by atoms with Crippen molar-refractivity contribution in [1.82, 2.24) is 9.78 Å². The van der Waals surface area contributed by atoms with E-state index in [-0.39, 0.29) is 0 Å². The summed E-state index contributed by atoms with van der Waals surface area (Å²) in [6.07, 6.45) is 6.82. The van der Waals surface area contributed by atoms with E-state index in [9.17, 15) is 5.11 Å². The van der Waals surface area contributed by atoms with Gasteiger partial charge in [-0.1, -0.05) is 6.58 Å². The van der Waals surface area contributed by atoms with Crippen molar-refractivity contribution in [1.29, 1.82) is 0 Å². The molecule has 1 N–H and O–H groups in total. The van der Waals surface area contributed by atoms with Crippen molar-refractivity contribution in [3.8, 4) is 0 Å². The highest BCUT2D eigenvalue weighted by Crippen LogP contribution is 2.44. The standard InChI is InChI=1S/C8H10N2O/c1-2-10-6-7(5-9-10)8(11)3-4-8/h2,5-6,11H,1,3-4H2. The minimum Gasteiger partial charge on any atom is -0.385 e. The molecular formula is C8H10N2O. The summed E-state index contributed by atoms with van der Waals surface area (Å²) >= 11 is 0. The van der Waals surface area contributed by atoms with Gasteiger partial charge in [0.25, 0.3) is 0 Å². The Bertz CT molecular complexity index is 286. The quantitative estimate of drug-likeness (QED) is 0.682. The Hall–Kier alpha value is -1.09. The fourth-order valence-corrected chi connectivity index (χ4v) is 1.09. The molecule has 1 aliphatic carbocycles. The zero-order chi connectivity index (χ0) is 7.90. The average molecular weight is 150 g/mol. The van der Waals surface area contributed by atoms with E-state index < -0.39 is 5.60 Å². The third-order valence-electron chi connectivity index (χ3n) is 2.05. The Labute approximate surface area is 65.0 Å². The van der Waals surface area contributed by atoms with Gasteiger partial charge in [0.15, 0.2) is 0 Å². The van der Waals surface area contributed by atoms with Crippen LogP contribution in [0.3, 0.4) is 0 Å². The van der Waals surface area contributed by atoms with Crippen LogP contribution in [0.2, 0.25) is 0 Å². The van der Waals surface area contributed by atoms with Crippen LogP contribution < -0.4 is 0 Å². The highest BCUT2D eigenvalue weighted by Gasteiger charge is 2.43. The molecule has 1 aliphatic rings. The molecule has 0 atom stereocenters. The van der Waals surface area contributed by atoms with Crippen LogP contribution in [0.5, 0.6) is 0 Å². The fraction of sp³-hybridized carbons (Fsp3) is 0.375. The number of hydrogen-bond donors (Lipinski definition) is 1. The zero-order valence-corrected chi connectivity index (χ0v) is 6.20. The minimum absolute atomic E-state index is 0.568. The second kappa shape index (κ2) is 1.95. The summed E-state index contributed by atoms with van der Waals surface area (Å²) in [5.74, 6) is 0. The molecule has 2 rings (SSSR count). The molecule has 1 fully saturated rings. The first-order valence-electron chi connectivity index (χ1n) is 3.64. The molecule has 11 heavy (non-hydrogen) atoms. The lowest BCUT2D eigenvalue weighted by atomic mass is 10.2. The van der Waals surface area contributed by atoms with Crippen LogP contribution in [0.25, 0.3) is 6.20 Å². The van der Waals surface area contributed by atoms with Gasteiger partial charge in [-0.3, -0.25) is 0 Å². The Morgan fingerprint density at radius 1 is 1.73 bits per heavy atom. The van der Waals surface area contributed by atoms with Crippen LogP contribution in [0.4, 0.5) is 0 Å². The molecule has 1 heterocycles. The maximum Gasteiger partial charge on any atom is 0.0929 e. The van der Waals surface area contributed by atoms with Gasteiger partial charge in [0.1, 0.15) is 0 Å². The smallest absolute Gasteiger partial charge is 0.0929 e. The normalized spacial score (nSPS) is 19.7. The van der Waals surface area contributed by atoms with E-state index in [1.807, 2.05) is 0 Å². The van der Waals surface area contributed by atoms with E-state index in [4.69, 9.17) is 0 Å². The molecule has 0 bridgehead atoms. The van der Waals surface area contributed by atoms with Gasteiger partial charge in [-0.15, -0.1) is 0 Å². The number of hydrogen-bond acceptors (Lipinski definition) is 2. The van der Waals surface area contributed by atoms with Crippen molar-refractivity contribution in [3.63, 3.8) is 0 Å². The Kier molecular flexibility index (Phi) is 1.17. The lowest BCUT2D eigenvalue weighted by Gasteiger charge is -2.00. The van der Waals surface area contributed by atoms with Crippen LogP contribution in [0, 0.1) is 0 Å². The number of nitrogens with zero attached hydrogens (tertiary/aromatic N) is 2. The fourth-order valence-electron chi connectivity index (χ4n) is 1.09. The van der Waals surface area contributed by atoms with Gasteiger partial charge in [0.05, 0.1) is 11.8 Å².